The fourth-order valence-electron chi connectivity index (χ4n) is 2.59. The van der Waals surface area contributed by atoms with Gasteiger partial charge in [0.05, 0.1) is 0 Å². The van der Waals surface area contributed by atoms with Gasteiger partial charge in [0.1, 0.15) is 11.5 Å². The van der Waals surface area contributed by atoms with Crippen LogP contribution in [0.25, 0.3) is 10.9 Å². The number of hydrogen-bond acceptors (Lipinski definition) is 1. The third-order valence-electron chi connectivity index (χ3n) is 3.89. The van der Waals surface area contributed by atoms with Gasteiger partial charge in [-0.05, 0) is 61.7 Å². The standard InChI is InChI=1S/C18H17FN2O/c1-10-4-5-11(2)15(8-10)21-18(22)17-12(3)14-7-6-13(19)9-16(14)20-17/h4-9,20H,1-3H3,(H,21,22). The summed E-state index contributed by atoms with van der Waals surface area (Å²) in [4.78, 5) is 15.5. The van der Waals surface area contributed by atoms with E-state index in [0.29, 0.717) is 11.2 Å². The first-order valence-electron chi connectivity index (χ1n) is 7.12. The third kappa shape index (κ3) is 2.48. The van der Waals surface area contributed by atoms with Crippen molar-refractivity contribution in [3.63, 3.8) is 0 Å². The highest BCUT2D eigenvalue weighted by atomic mass is 19.1. The average molecular weight is 296 g/mol. The van der Waals surface area contributed by atoms with E-state index in [0.717, 1.165) is 27.8 Å². The predicted octanol–water partition coefficient (Wildman–Crippen LogP) is 4.48. The molecule has 0 aliphatic rings. The Hall–Kier alpha value is -2.62. The van der Waals surface area contributed by atoms with Crippen LogP contribution in [0.2, 0.25) is 0 Å². The summed E-state index contributed by atoms with van der Waals surface area (Å²) in [7, 11) is 0. The summed E-state index contributed by atoms with van der Waals surface area (Å²) in [6.07, 6.45) is 0. The molecule has 2 N–H and O–H groups in total. The van der Waals surface area contributed by atoms with E-state index < -0.39 is 0 Å². The molecule has 2 aromatic carbocycles. The van der Waals surface area contributed by atoms with E-state index >= 15 is 0 Å². The minimum absolute atomic E-state index is 0.220. The summed E-state index contributed by atoms with van der Waals surface area (Å²) < 4.78 is 13.3. The molecule has 1 aromatic heterocycles. The van der Waals surface area contributed by atoms with Gasteiger partial charge in [-0.2, -0.15) is 0 Å². The number of nitrogens with one attached hydrogen (secondary N) is 2. The summed E-state index contributed by atoms with van der Waals surface area (Å²) in [5, 5.41) is 3.77. The van der Waals surface area contributed by atoms with E-state index in [1.807, 2.05) is 39.0 Å². The van der Waals surface area contributed by atoms with Crippen LogP contribution < -0.4 is 5.32 Å². The molecule has 0 spiro atoms. The fraction of sp³-hybridized carbons (Fsp3) is 0.167. The molecule has 0 saturated heterocycles. The molecular weight excluding hydrogens is 279 g/mol. The maximum Gasteiger partial charge on any atom is 0.272 e. The minimum Gasteiger partial charge on any atom is -0.350 e. The molecule has 0 aliphatic carbocycles. The Morgan fingerprint density at radius 3 is 2.64 bits per heavy atom. The van der Waals surface area contributed by atoms with Gasteiger partial charge in [-0.25, -0.2) is 4.39 Å². The van der Waals surface area contributed by atoms with Crippen molar-refractivity contribution in [3.8, 4) is 0 Å². The first kappa shape index (κ1) is 14.3. The van der Waals surface area contributed by atoms with Crippen molar-refractivity contribution in [2.75, 3.05) is 5.32 Å². The Balaban J connectivity index is 1.98. The van der Waals surface area contributed by atoms with Gasteiger partial charge in [-0.15, -0.1) is 0 Å². The summed E-state index contributed by atoms with van der Waals surface area (Å²) >= 11 is 0. The van der Waals surface area contributed by atoms with E-state index in [9.17, 15) is 9.18 Å². The van der Waals surface area contributed by atoms with Crippen LogP contribution in [0.3, 0.4) is 0 Å². The Labute approximate surface area is 128 Å². The number of aromatic amines is 1. The molecule has 4 heteroatoms. The van der Waals surface area contributed by atoms with Crippen LogP contribution in [0.4, 0.5) is 10.1 Å². The van der Waals surface area contributed by atoms with Crippen LogP contribution in [0, 0.1) is 26.6 Å². The Morgan fingerprint density at radius 1 is 1.09 bits per heavy atom. The van der Waals surface area contributed by atoms with Gasteiger partial charge in [0.15, 0.2) is 0 Å². The summed E-state index contributed by atoms with van der Waals surface area (Å²) in [5.74, 6) is -0.543. The fourth-order valence-corrected chi connectivity index (χ4v) is 2.59. The molecule has 112 valence electrons. The number of hydrogen-bond donors (Lipinski definition) is 2. The second-order valence-electron chi connectivity index (χ2n) is 5.59. The lowest BCUT2D eigenvalue weighted by atomic mass is 10.1. The molecule has 1 amide bonds. The van der Waals surface area contributed by atoms with Gasteiger partial charge in [-0.3, -0.25) is 4.79 Å². The zero-order valence-electron chi connectivity index (χ0n) is 12.8. The quantitative estimate of drug-likeness (QED) is 0.719. The van der Waals surface area contributed by atoms with Crippen molar-refractivity contribution in [1.29, 1.82) is 0 Å². The molecule has 0 radical (unpaired) electrons. The van der Waals surface area contributed by atoms with Crippen molar-refractivity contribution in [2.45, 2.75) is 20.8 Å². The maximum absolute atomic E-state index is 13.3. The molecule has 0 atom stereocenters. The van der Waals surface area contributed by atoms with Gasteiger partial charge in [0.25, 0.3) is 5.91 Å². The molecule has 0 fully saturated rings. The molecule has 0 unspecified atom stereocenters. The minimum atomic E-state index is -0.324. The number of aryl methyl sites for hydroxylation is 3. The molecule has 3 rings (SSSR count). The topological polar surface area (TPSA) is 44.9 Å². The van der Waals surface area contributed by atoms with E-state index in [1.165, 1.54) is 12.1 Å². The molecule has 3 aromatic rings. The molecule has 0 aliphatic heterocycles. The number of amides is 1. The lowest BCUT2D eigenvalue weighted by molar-refractivity contribution is 0.102. The smallest absolute Gasteiger partial charge is 0.272 e. The Morgan fingerprint density at radius 2 is 1.86 bits per heavy atom. The van der Waals surface area contributed by atoms with Crippen LogP contribution in [-0.4, -0.2) is 10.9 Å². The second-order valence-corrected chi connectivity index (χ2v) is 5.59. The molecular formula is C18H17FN2O. The Kier molecular flexibility index (Phi) is 3.45. The van der Waals surface area contributed by atoms with E-state index in [1.54, 1.807) is 6.07 Å². The number of aromatic nitrogens is 1. The number of H-pyrrole nitrogens is 1. The van der Waals surface area contributed by atoms with Gasteiger partial charge >= 0.3 is 0 Å². The number of rotatable bonds is 2. The summed E-state index contributed by atoms with van der Waals surface area (Å²) in [6, 6.07) is 10.4. The number of anilines is 1. The first-order valence-corrected chi connectivity index (χ1v) is 7.12. The predicted molar refractivity (Wildman–Crippen MR) is 86.9 cm³/mol. The molecule has 0 saturated carbocycles. The zero-order chi connectivity index (χ0) is 15.9. The Bertz CT molecular complexity index is 880. The van der Waals surface area contributed by atoms with Crippen LogP contribution in [-0.2, 0) is 0 Å². The number of halogens is 1. The van der Waals surface area contributed by atoms with Crippen molar-refractivity contribution < 1.29 is 9.18 Å². The monoisotopic (exact) mass is 296 g/mol. The largest absolute Gasteiger partial charge is 0.350 e. The highest BCUT2D eigenvalue weighted by Crippen LogP contribution is 2.24. The van der Waals surface area contributed by atoms with Crippen molar-refractivity contribution in [3.05, 3.63) is 64.6 Å². The highest BCUT2D eigenvalue weighted by molar-refractivity contribution is 6.08. The maximum atomic E-state index is 13.3. The molecule has 3 nitrogen and oxygen atoms in total. The van der Waals surface area contributed by atoms with Crippen LogP contribution >= 0.6 is 0 Å². The number of carbonyl (C=O) groups is 1. The molecule has 22 heavy (non-hydrogen) atoms. The van der Waals surface area contributed by atoms with Crippen molar-refractivity contribution >= 4 is 22.5 Å². The normalized spacial score (nSPS) is 10.9. The van der Waals surface area contributed by atoms with Gasteiger partial charge in [-0.1, -0.05) is 12.1 Å². The van der Waals surface area contributed by atoms with Gasteiger partial charge in [0.2, 0.25) is 0 Å². The molecule has 0 bridgehead atoms. The first-order chi connectivity index (χ1) is 10.5. The molecule has 1 heterocycles. The summed E-state index contributed by atoms with van der Waals surface area (Å²) in [5.41, 5.74) is 4.77. The van der Waals surface area contributed by atoms with Crippen LogP contribution in [0.15, 0.2) is 36.4 Å². The highest BCUT2D eigenvalue weighted by Gasteiger charge is 2.16. The SMILES string of the molecule is Cc1ccc(C)c(NC(=O)c2[nH]c3cc(F)ccc3c2C)c1. The van der Waals surface area contributed by atoms with E-state index in [2.05, 4.69) is 10.3 Å². The lowest BCUT2D eigenvalue weighted by Gasteiger charge is -2.09. The van der Waals surface area contributed by atoms with Crippen LogP contribution in [0.5, 0.6) is 0 Å². The zero-order valence-corrected chi connectivity index (χ0v) is 12.8. The second kappa shape index (κ2) is 5.30. The number of benzene rings is 2. The van der Waals surface area contributed by atoms with Crippen molar-refractivity contribution in [2.24, 2.45) is 0 Å². The number of fused-ring (bicyclic) bond motifs is 1. The van der Waals surface area contributed by atoms with Crippen molar-refractivity contribution in [1.82, 2.24) is 4.98 Å². The van der Waals surface area contributed by atoms with E-state index in [-0.39, 0.29) is 11.7 Å². The third-order valence-corrected chi connectivity index (χ3v) is 3.89. The average Bonchev–Trinajstić information content (AvgIpc) is 2.79. The van der Waals surface area contributed by atoms with E-state index in [4.69, 9.17) is 0 Å². The lowest BCUT2D eigenvalue weighted by Crippen LogP contribution is -2.14. The number of carbonyl (C=O) groups excluding carboxylic acids is 1. The van der Waals surface area contributed by atoms with Gasteiger partial charge in [0, 0.05) is 16.6 Å². The van der Waals surface area contributed by atoms with Gasteiger partial charge < -0.3 is 10.3 Å². The van der Waals surface area contributed by atoms with Crippen LogP contribution in [0.1, 0.15) is 27.2 Å². The summed E-state index contributed by atoms with van der Waals surface area (Å²) in [6.45, 7) is 5.78.